The topological polar surface area (TPSA) is 55.3 Å². The second kappa shape index (κ2) is 9.04. The third-order valence-electron chi connectivity index (χ3n) is 5.70. The van der Waals surface area contributed by atoms with Gasteiger partial charge in [0, 0.05) is 16.8 Å². The Balaban J connectivity index is 1.48. The maximum Gasteiger partial charge on any atom is 0.183 e. The van der Waals surface area contributed by atoms with Crippen LogP contribution >= 0.6 is 23.1 Å². The van der Waals surface area contributed by atoms with E-state index in [9.17, 15) is 4.79 Å². The van der Waals surface area contributed by atoms with E-state index in [1.54, 1.807) is 18.4 Å². The number of ketones is 1. The van der Waals surface area contributed by atoms with E-state index in [0.29, 0.717) is 23.4 Å². The highest BCUT2D eigenvalue weighted by molar-refractivity contribution is 8.00. The first-order valence-corrected chi connectivity index (χ1v) is 12.0. The van der Waals surface area contributed by atoms with Gasteiger partial charge in [-0.15, -0.1) is 11.3 Å². The molecule has 2 atom stereocenters. The number of thiophene rings is 1. The maximum atomic E-state index is 12.9. The van der Waals surface area contributed by atoms with Crippen LogP contribution in [0.2, 0.25) is 0 Å². The van der Waals surface area contributed by atoms with Gasteiger partial charge in [0.1, 0.15) is 16.6 Å². The molecule has 0 aliphatic carbocycles. The second-order valence-corrected chi connectivity index (χ2v) is 10.1. The Bertz CT molecular complexity index is 1070. The van der Waals surface area contributed by atoms with Crippen LogP contribution in [-0.2, 0) is 0 Å². The number of thioether (sulfide) groups is 1. The summed E-state index contributed by atoms with van der Waals surface area (Å²) in [5.41, 5.74) is 0.868. The lowest BCUT2D eigenvalue weighted by atomic mass is 9.86. The normalized spacial score (nSPS) is 19.9. The zero-order valence-corrected chi connectivity index (χ0v) is 19.5. The monoisotopic (exact) mass is 441 g/mol. The summed E-state index contributed by atoms with van der Waals surface area (Å²) in [7, 11) is 3.83. The number of ether oxygens (including phenoxy) is 1. The highest BCUT2D eigenvalue weighted by atomic mass is 32.2. The summed E-state index contributed by atoms with van der Waals surface area (Å²) in [4.78, 5) is 26.6. The number of aryl methyl sites for hydroxylation is 1. The molecule has 5 nitrogen and oxygen atoms in total. The van der Waals surface area contributed by atoms with Crippen LogP contribution in [0.4, 0.5) is 0 Å². The summed E-state index contributed by atoms with van der Waals surface area (Å²) in [5, 5.41) is 1.75. The van der Waals surface area contributed by atoms with Gasteiger partial charge in [-0.25, -0.2) is 9.97 Å². The van der Waals surface area contributed by atoms with E-state index >= 15 is 0 Å². The molecule has 0 amide bonds. The van der Waals surface area contributed by atoms with E-state index in [2.05, 4.69) is 34.9 Å². The molecular weight excluding hydrogens is 414 g/mol. The fourth-order valence-corrected chi connectivity index (χ4v) is 6.36. The van der Waals surface area contributed by atoms with Crippen LogP contribution in [0.1, 0.15) is 39.6 Å². The molecule has 4 rings (SSSR count). The fourth-order valence-electron chi connectivity index (χ4n) is 4.11. The summed E-state index contributed by atoms with van der Waals surface area (Å²) >= 11 is 3.14. The van der Waals surface area contributed by atoms with E-state index in [0.717, 1.165) is 46.1 Å². The quantitative estimate of drug-likeness (QED) is 0.303. The lowest BCUT2D eigenvalue weighted by Gasteiger charge is -2.34. The summed E-state index contributed by atoms with van der Waals surface area (Å²) in [5.74, 6) is 3.16. The summed E-state index contributed by atoms with van der Waals surface area (Å²) in [6, 6.07) is 9.92. The minimum absolute atomic E-state index is 0.157. The molecule has 0 saturated carbocycles. The molecule has 1 aromatic carbocycles. The Morgan fingerprint density at radius 1 is 1.30 bits per heavy atom. The minimum atomic E-state index is 0.157. The predicted octanol–water partition coefficient (Wildman–Crippen LogP) is 5.04. The van der Waals surface area contributed by atoms with Crippen LogP contribution < -0.4 is 4.74 Å². The zero-order valence-electron chi connectivity index (χ0n) is 17.8. The van der Waals surface area contributed by atoms with Crippen molar-refractivity contribution in [3.8, 4) is 5.75 Å². The van der Waals surface area contributed by atoms with Gasteiger partial charge in [0.05, 0.1) is 23.3 Å². The molecule has 3 aromatic rings. The molecule has 30 heavy (non-hydrogen) atoms. The van der Waals surface area contributed by atoms with E-state index in [1.807, 2.05) is 31.2 Å². The molecule has 158 valence electrons. The average Bonchev–Trinajstić information content (AvgIpc) is 3.21. The lowest BCUT2D eigenvalue weighted by Crippen LogP contribution is -2.35. The fraction of sp³-hybridized carbons (Fsp3) is 0.435. The molecule has 1 saturated heterocycles. The number of likely N-dealkylation sites (tertiary alicyclic amines) is 1. The summed E-state index contributed by atoms with van der Waals surface area (Å²) in [6.07, 6.45) is 1.16. The van der Waals surface area contributed by atoms with Crippen LogP contribution in [0, 0.1) is 12.8 Å². The number of fused-ring (bicyclic) bond motifs is 1. The number of Topliss-reactive ketones (excluding diaryl/α,β-unsaturated/α-hetero) is 1. The molecule has 3 heterocycles. The van der Waals surface area contributed by atoms with Crippen molar-refractivity contribution in [3.05, 3.63) is 45.9 Å². The number of benzene rings is 1. The van der Waals surface area contributed by atoms with E-state index in [1.165, 1.54) is 16.6 Å². The lowest BCUT2D eigenvalue weighted by molar-refractivity contribution is 0.102. The van der Waals surface area contributed by atoms with Crippen LogP contribution in [0.5, 0.6) is 5.75 Å². The Kier molecular flexibility index (Phi) is 6.41. The molecule has 1 aliphatic rings. The van der Waals surface area contributed by atoms with Crippen LogP contribution in [0.3, 0.4) is 0 Å². The minimum Gasteiger partial charge on any atom is -0.497 e. The summed E-state index contributed by atoms with van der Waals surface area (Å²) < 4.78 is 5.34. The van der Waals surface area contributed by atoms with Crippen LogP contribution in [0.15, 0.2) is 35.4 Å². The number of hydrogen-bond donors (Lipinski definition) is 0. The van der Waals surface area contributed by atoms with Gasteiger partial charge in [-0.2, -0.15) is 0 Å². The molecule has 1 unspecified atom stereocenters. The molecule has 2 aromatic heterocycles. The van der Waals surface area contributed by atoms with Gasteiger partial charge in [-0.05, 0) is 69.1 Å². The number of carbonyl (C=O) groups excluding carboxylic acids is 1. The van der Waals surface area contributed by atoms with Crippen molar-refractivity contribution in [3.63, 3.8) is 0 Å². The molecule has 7 heteroatoms. The van der Waals surface area contributed by atoms with Gasteiger partial charge >= 0.3 is 0 Å². The van der Waals surface area contributed by atoms with Crippen LogP contribution in [0.25, 0.3) is 10.9 Å². The first kappa shape index (κ1) is 21.3. The maximum absolute atomic E-state index is 12.9. The molecular formula is C23H27N3O2S2. The first-order valence-electron chi connectivity index (χ1n) is 10.2. The Labute approximate surface area is 185 Å². The number of rotatable bonds is 6. The van der Waals surface area contributed by atoms with Crippen molar-refractivity contribution in [1.29, 1.82) is 0 Å². The molecule has 0 spiro atoms. The number of hydrogen-bond acceptors (Lipinski definition) is 7. The molecule has 0 bridgehead atoms. The van der Waals surface area contributed by atoms with Crippen molar-refractivity contribution < 1.29 is 9.53 Å². The number of methoxy groups -OCH3 is 1. The van der Waals surface area contributed by atoms with Crippen molar-refractivity contribution in [2.45, 2.75) is 31.2 Å². The zero-order chi connectivity index (χ0) is 21.3. The molecule has 1 fully saturated rings. The largest absolute Gasteiger partial charge is 0.497 e. The van der Waals surface area contributed by atoms with Crippen LogP contribution in [-0.4, -0.2) is 53.7 Å². The first-order chi connectivity index (χ1) is 14.4. The number of nitrogens with zero attached hydrogens (tertiary/aromatic N) is 3. The molecule has 0 N–H and O–H groups in total. The van der Waals surface area contributed by atoms with Gasteiger partial charge in [-0.3, -0.25) is 4.79 Å². The second-order valence-electron chi connectivity index (χ2n) is 8.01. The highest BCUT2D eigenvalue weighted by Crippen LogP contribution is 2.37. The standard InChI is InChI=1S/C23H27N3O2S2/c1-14-12-26(3)10-9-17(14)21-7-8-22(30-21)20(27)13-29-23-18-11-16(28-4)5-6-19(18)24-15(2)25-23/h5-8,11,14,17H,9-10,12-13H2,1-4H3/t14-,17?/m1/s1. The number of aromatic nitrogens is 2. The average molecular weight is 442 g/mol. The Morgan fingerprint density at radius 3 is 2.90 bits per heavy atom. The smallest absolute Gasteiger partial charge is 0.183 e. The SMILES string of the molecule is COc1ccc2nc(C)nc(SCC(=O)c3ccc(C4CCN(C)C[C@H]4C)s3)c2c1. The molecule has 0 radical (unpaired) electrons. The van der Waals surface area contributed by atoms with Crippen molar-refractivity contribution >= 4 is 39.8 Å². The highest BCUT2D eigenvalue weighted by Gasteiger charge is 2.27. The van der Waals surface area contributed by atoms with Gasteiger partial charge in [-0.1, -0.05) is 18.7 Å². The third kappa shape index (κ3) is 4.53. The molecule has 1 aliphatic heterocycles. The van der Waals surface area contributed by atoms with E-state index in [4.69, 9.17) is 4.74 Å². The van der Waals surface area contributed by atoms with Gasteiger partial charge < -0.3 is 9.64 Å². The van der Waals surface area contributed by atoms with Crippen molar-refractivity contribution in [1.82, 2.24) is 14.9 Å². The Morgan fingerprint density at radius 2 is 2.13 bits per heavy atom. The third-order valence-corrected chi connectivity index (χ3v) is 7.94. The predicted molar refractivity (Wildman–Crippen MR) is 124 cm³/mol. The van der Waals surface area contributed by atoms with Crippen molar-refractivity contribution in [2.24, 2.45) is 5.92 Å². The Hall–Kier alpha value is -1.96. The van der Waals surface area contributed by atoms with Gasteiger partial charge in [0.15, 0.2) is 5.78 Å². The number of piperidine rings is 1. The van der Waals surface area contributed by atoms with Gasteiger partial charge in [0.25, 0.3) is 0 Å². The number of carbonyl (C=O) groups is 1. The summed E-state index contributed by atoms with van der Waals surface area (Å²) in [6.45, 7) is 6.43. The van der Waals surface area contributed by atoms with E-state index < -0.39 is 0 Å². The van der Waals surface area contributed by atoms with E-state index in [-0.39, 0.29) is 5.78 Å². The van der Waals surface area contributed by atoms with Crippen molar-refractivity contribution in [2.75, 3.05) is 33.0 Å². The van der Waals surface area contributed by atoms with Gasteiger partial charge in [0.2, 0.25) is 0 Å².